The van der Waals surface area contributed by atoms with Gasteiger partial charge in [0, 0.05) is 25.0 Å². The average Bonchev–Trinajstić information content (AvgIpc) is 3.22. The Morgan fingerprint density at radius 2 is 1.63 bits per heavy atom. The number of unbranched alkanes of at least 4 members (excludes halogenated alkanes) is 1. The maximum Gasteiger partial charge on any atom is 0.0824 e. The smallest absolute Gasteiger partial charge is 0.0824 e. The second-order valence-corrected chi connectivity index (χ2v) is 14.8. The van der Waals surface area contributed by atoms with Crippen molar-refractivity contribution < 1.29 is 0 Å². The van der Waals surface area contributed by atoms with Crippen molar-refractivity contribution in [2.24, 2.45) is 4.99 Å². The number of hydrogen-bond acceptors (Lipinski definition) is 3. The van der Waals surface area contributed by atoms with Gasteiger partial charge in [-0.25, -0.2) is 0 Å². The fourth-order valence-corrected chi connectivity index (χ4v) is 7.03. The summed E-state index contributed by atoms with van der Waals surface area (Å²) in [6, 6.07) is 11.0. The molecule has 2 aromatic rings. The molecule has 0 saturated carbocycles. The summed E-state index contributed by atoms with van der Waals surface area (Å²) in [6.07, 6.45) is 48.7. The van der Waals surface area contributed by atoms with E-state index in [1.54, 1.807) is 0 Å². The lowest BCUT2D eigenvalue weighted by Gasteiger charge is -2.31. The molecule has 3 nitrogen and oxygen atoms in total. The zero-order valence-electron chi connectivity index (χ0n) is 36.1. The van der Waals surface area contributed by atoms with Crippen molar-refractivity contribution in [3.63, 3.8) is 0 Å². The topological polar surface area (TPSA) is 28.5 Å². The van der Waals surface area contributed by atoms with E-state index in [2.05, 4.69) is 206 Å². The van der Waals surface area contributed by atoms with Gasteiger partial charge < -0.3 is 4.90 Å². The lowest BCUT2D eigenvalue weighted by molar-refractivity contribution is 0.532. The van der Waals surface area contributed by atoms with Crippen LogP contribution in [0.1, 0.15) is 111 Å². The molecule has 0 unspecified atom stereocenters. The number of allylic oxidation sites excluding steroid dienone is 21. The number of hydrogen-bond donors (Lipinski definition) is 0. The van der Waals surface area contributed by atoms with E-state index >= 15 is 0 Å². The van der Waals surface area contributed by atoms with Crippen LogP contribution in [0, 0.1) is 0 Å². The summed E-state index contributed by atoms with van der Waals surface area (Å²) >= 11 is 0. The fraction of sp³-hybridized carbons (Fsp3) is 0.296. The van der Waals surface area contributed by atoms with Crippen LogP contribution in [-0.2, 0) is 0 Å². The Hall–Kier alpha value is -5.54. The number of likely N-dealkylation sites (N-methyl/N-ethyl adjacent to an activating group) is 1. The van der Waals surface area contributed by atoms with Crippen LogP contribution in [-0.4, -0.2) is 23.1 Å². The van der Waals surface area contributed by atoms with Gasteiger partial charge in [-0.1, -0.05) is 153 Å². The predicted molar refractivity (Wildman–Crippen MR) is 251 cm³/mol. The Kier molecular flexibility index (Phi) is 18.2. The molecule has 1 aromatic carbocycles. The molecule has 1 aliphatic carbocycles. The van der Waals surface area contributed by atoms with E-state index in [0.29, 0.717) is 0 Å². The van der Waals surface area contributed by atoms with Gasteiger partial charge in [0.15, 0.2) is 0 Å². The molecule has 2 heterocycles. The highest BCUT2D eigenvalue weighted by atomic mass is 15.2. The lowest BCUT2D eigenvalue weighted by Crippen LogP contribution is -2.28. The van der Waals surface area contributed by atoms with Crippen molar-refractivity contribution in [2.75, 3.05) is 7.05 Å². The van der Waals surface area contributed by atoms with Crippen LogP contribution in [0.2, 0.25) is 0 Å². The number of fused-ring (bicyclic) bond motifs is 1. The van der Waals surface area contributed by atoms with Crippen molar-refractivity contribution in [2.45, 2.75) is 100 Å². The van der Waals surface area contributed by atoms with E-state index in [0.717, 1.165) is 67.5 Å². The Bertz CT molecular complexity index is 2240. The molecule has 1 aliphatic heterocycles. The van der Waals surface area contributed by atoms with Crippen LogP contribution in [0.25, 0.3) is 17.7 Å². The molecule has 0 amide bonds. The highest BCUT2D eigenvalue weighted by molar-refractivity contribution is 5.87. The van der Waals surface area contributed by atoms with E-state index in [1.807, 2.05) is 12.4 Å². The van der Waals surface area contributed by atoms with E-state index in [4.69, 9.17) is 4.99 Å². The minimum atomic E-state index is 0.785. The Morgan fingerprint density at radius 1 is 0.842 bits per heavy atom. The van der Waals surface area contributed by atoms with E-state index in [9.17, 15) is 0 Å². The van der Waals surface area contributed by atoms with E-state index in [1.165, 1.54) is 55.1 Å². The normalized spacial score (nSPS) is 16.8. The SMILES string of the molecule is C/C=C\C(/C=C\c1cnccc1/C(C(/C=C\CC)=C(C)C)=c1\cccc\c1=C/C\C=C/C(=C\C)C(/C/C=C\C=C/CCC)=C1\C=NC2=CCCC=C2N1C)=C(C)C. The lowest BCUT2D eigenvalue weighted by atomic mass is 9.89. The second kappa shape index (κ2) is 23.5. The molecule has 0 atom stereocenters. The number of aromatic nitrogens is 1. The van der Waals surface area contributed by atoms with Gasteiger partial charge in [-0.2, -0.15) is 0 Å². The molecule has 4 rings (SSSR count). The first-order valence-corrected chi connectivity index (χ1v) is 20.9. The van der Waals surface area contributed by atoms with Crippen molar-refractivity contribution >= 4 is 23.9 Å². The number of benzene rings is 1. The predicted octanol–water partition coefficient (Wildman–Crippen LogP) is 13.3. The van der Waals surface area contributed by atoms with Gasteiger partial charge in [0.25, 0.3) is 0 Å². The first kappa shape index (κ1) is 44.2. The number of rotatable bonds is 16. The van der Waals surface area contributed by atoms with Gasteiger partial charge in [-0.3, -0.25) is 9.98 Å². The van der Waals surface area contributed by atoms with Gasteiger partial charge in [-0.05, 0) is 130 Å². The highest BCUT2D eigenvalue weighted by Gasteiger charge is 2.22. The van der Waals surface area contributed by atoms with Crippen LogP contribution in [0.3, 0.4) is 0 Å². The van der Waals surface area contributed by atoms with Gasteiger partial charge in [-0.15, -0.1) is 0 Å². The molecule has 0 N–H and O–H groups in total. The van der Waals surface area contributed by atoms with E-state index in [-0.39, 0.29) is 0 Å². The summed E-state index contributed by atoms with van der Waals surface area (Å²) < 4.78 is 0. The third-order valence-electron chi connectivity index (χ3n) is 10.1. The zero-order valence-corrected chi connectivity index (χ0v) is 36.1. The molecule has 1 aromatic heterocycles. The largest absolute Gasteiger partial charge is 0.342 e. The molecule has 2 aliphatic rings. The summed E-state index contributed by atoms with van der Waals surface area (Å²) in [4.78, 5) is 11.8. The zero-order chi connectivity index (χ0) is 41.0. The molecule has 0 radical (unpaired) electrons. The number of nitrogens with zero attached hydrogens (tertiary/aromatic N) is 3. The van der Waals surface area contributed by atoms with Gasteiger partial charge in [0.05, 0.1) is 23.3 Å². The molecule has 0 bridgehead atoms. The third-order valence-corrected chi connectivity index (χ3v) is 10.1. The summed E-state index contributed by atoms with van der Waals surface area (Å²) in [6.45, 7) is 17.4. The summed E-state index contributed by atoms with van der Waals surface area (Å²) in [5.74, 6) is 0. The fourth-order valence-electron chi connectivity index (χ4n) is 7.03. The maximum atomic E-state index is 4.91. The highest BCUT2D eigenvalue weighted by Crippen LogP contribution is 2.33. The molecule has 57 heavy (non-hydrogen) atoms. The Labute approximate surface area is 344 Å². The molecule has 0 fully saturated rings. The molecule has 0 spiro atoms. The third kappa shape index (κ3) is 12.5. The van der Waals surface area contributed by atoms with Crippen LogP contribution in [0.4, 0.5) is 0 Å². The van der Waals surface area contributed by atoms with Crippen molar-refractivity contribution in [1.82, 2.24) is 9.88 Å². The Balaban J connectivity index is 1.85. The molecule has 296 valence electrons. The summed E-state index contributed by atoms with van der Waals surface area (Å²) in [7, 11) is 2.18. The summed E-state index contributed by atoms with van der Waals surface area (Å²) in [5.41, 5.74) is 14.4. The second-order valence-electron chi connectivity index (χ2n) is 14.8. The minimum Gasteiger partial charge on any atom is -0.342 e. The van der Waals surface area contributed by atoms with Crippen LogP contribution in [0.15, 0.2) is 183 Å². The Morgan fingerprint density at radius 3 is 2.37 bits per heavy atom. The average molecular weight is 756 g/mol. The van der Waals surface area contributed by atoms with Crippen LogP contribution < -0.4 is 10.4 Å². The quantitative estimate of drug-likeness (QED) is 0.160. The first-order valence-electron chi connectivity index (χ1n) is 20.9. The number of aliphatic imine (C=N–C) groups is 1. The van der Waals surface area contributed by atoms with Crippen LogP contribution >= 0.6 is 0 Å². The molecule has 3 heteroatoms. The molecule has 0 saturated heterocycles. The van der Waals surface area contributed by atoms with Gasteiger partial charge in [0.2, 0.25) is 0 Å². The standard InChI is InChI=1S/C54H65N3/c1-10-14-16-17-18-19-31-48(53-40-56-51-33-24-25-34-52(51)57(53)9)43(13-4)27-20-21-28-45-29-22-23-32-49(45)54(47(42(7)8)30-15-11-2)50-37-38-55-39-46(50)36-35-44(26-12-3)41(5)6/h12-13,15-20,22-23,26-30,32-40H,10-11,14,21,24-25,31H2,1-9H3/b17-16-,19-18-,26-12-,27-20-,30-15-,36-35-,43-13+,45-28+,53-48+,54-49+. The minimum absolute atomic E-state index is 0.785. The monoisotopic (exact) mass is 756 g/mol. The van der Waals surface area contributed by atoms with Gasteiger partial charge >= 0.3 is 0 Å². The maximum absolute atomic E-state index is 4.91. The van der Waals surface area contributed by atoms with Crippen LogP contribution in [0.5, 0.6) is 0 Å². The number of pyridine rings is 1. The van der Waals surface area contributed by atoms with Crippen molar-refractivity contribution in [1.29, 1.82) is 0 Å². The molecular formula is C54H65N3. The summed E-state index contributed by atoms with van der Waals surface area (Å²) in [5, 5.41) is 2.41. The first-order chi connectivity index (χ1) is 27.7. The van der Waals surface area contributed by atoms with Gasteiger partial charge in [0.1, 0.15) is 0 Å². The van der Waals surface area contributed by atoms with E-state index < -0.39 is 0 Å². The van der Waals surface area contributed by atoms with Crippen molar-refractivity contribution in [3.05, 3.63) is 200 Å². The van der Waals surface area contributed by atoms with Crippen molar-refractivity contribution in [3.8, 4) is 0 Å². The molecular weight excluding hydrogens is 691 g/mol.